The summed E-state index contributed by atoms with van der Waals surface area (Å²) in [6.07, 6.45) is 1.67. The number of methoxy groups -OCH3 is 1. The fraction of sp³-hybridized carbons (Fsp3) is 0.167. The van der Waals surface area contributed by atoms with Gasteiger partial charge in [-0.15, -0.1) is 0 Å². The van der Waals surface area contributed by atoms with Gasteiger partial charge in [-0.1, -0.05) is 29.8 Å². The third-order valence-electron chi connectivity index (χ3n) is 5.22. The number of ether oxygens (including phenoxy) is 1. The SMILES string of the molecule is CNCc1cn(S(=O)(=O)c2cccc(OC)c2)c2cc(Nc3ccc(C)cc3Cl)ccc12. The molecule has 0 fully saturated rings. The van der Waals surface area contributed by atoms with Crippen LogP contribution in [0.15, 0.2) is 71.8 Å². The van der Waals surface area contributed by atoms with Crippen LogP contribution in [0.25, 0.3) is 10.9 Å². The normalized spacial score (nSPS) is 11.6. The molecule has 0 amide bonds. The topological polar surface area (TPSA) is 72.4 Å². The Kier molecular flexibility index (Phi) is 6.15. The van der Waals surface area contributed by atoms with Crippen LogP contribution in [0.5, 0.6) is 5.75 Å². The fourth-order valence-corrected chi connectivity index (χ4v) is 5.33. The number of aromatic nitrogens is 1. The van der Waals surface area contributed by atoms with Crippen LogP contribution in [0.1, 0.15) is 11.1 Å². The molecule has 4 aromatic rings. The van der Waals surface area contributed by atoms with Crippen molar-refractivity contribution in [1.82, 2.24) is 9.29 Å². The van der Waals surface area contributed by atoms with Gasteiger partial charge in [-0.25, -0.2) is 12.4 Å². The summed E-state index contributed by atoms with van der Waals surface area (Å²) in [4.78, 5) is 0.157. The van der Waals surface area contributed by atoms with Crippen molar-refractivity contribution in [1.29, 1.82) is 0 Å². The quantitative estimate of drug-likeness (QED) is 0.383. The van der Waals surface area contributed by atoms with Gasteiger partial charge in [0.15, 0.2) is 0 Å². The Bertz CT molecular complexity index is 1400. The molecule has 3 aromatic carbocycles. The van der Waals surface area contributed by atoms with E-state index >= 15 is 0 Å². The molecule has 0 bridgehead atoms. The van der Waals surface area contributed by atoms with E-state index < -0.39 is 10.0 Å². The summed E-state index contributed by atoms with van der Waals surface area (Å²) < 4.78 is 33.6. The lowest BCUT2D eigenvalue weighted by Crippen LogP contribution is -2.12. The van der Waals surface area contributed by atoms with Crippen LogP contribution in [0, 0.1) is 6.92 Å². The first kappa shape index (κ1) is 22.2. The molecule has 0 aliphatic carbocycles. The number of benzene rings is 3. The lowest BCUT2D eigenvalue weighted by Gasteiger charge is -2.12. The second-order valence-electron chi connectivity index (χ2n) is 7.50. The smallest absolute Gasteiger partial charge is 0.268 e. The van der Waals surface area contributed by atoms with E-state index in [1.807, 2.05) is 50.4 Å². The lowest BCUT2D eigenvalue weighted by molar-refractivity contribution is 0.413. The number of anilines is 2. The molecule has 1 aromatic heterocycles. The molecule has 32 heavy (non-hydrogen) atoms. The highest BCUT2D eigenvalue weighted by atomic mass is 35.5. The summed E-state index contributed by atoms with van der Waals surface area (Å²) in [6, 6.07) is 17.9. The van der Waals surface area contributed by atoms with Gasteiger partial charge in [0.1, 0.15) is 5.75 Å². The van der Waals surface area contributed by atoms with Gasteiger partial charge >= 0.3 is 0 Å². The van der Waals surface area contributed by atoms with Gasteiger partial charge in [0.25, 0.3) is 10.0 Å². The lowest BCUT2D eigenvalue weighted by atomic mass is 10.1. The van der Waals surface area contributed by atoms with Crippen LogP contribution in [0.2, 0.25) is 5.02 Å². The summed E-state index contributed by atoms with van der Waals surface area (Å²) >= 11 is 6.37. The van der Waals surface area contributed by atoms with Crippen molar-refractivity contribution in [2.45, 2.75) is 18.4 Å². The summed E-state index contributed by atoms with van der Waals surface area (Å²) in [5.74, 6) is 0.481. The van der Waals surface area contributed by atoms with Gasteiger partial charge < -0.3 is 15.4 Å². The van der Waals surface area contributed by atoms with Crippen LogP contribution < -0.4 is 15.4 Å². The van der Waals surface area contributed by atoms with Crippen molar-refractivity contribution in [2.75, 3.05) is 19.5 Å². The van der Waals surface area contributed by atoms with Crippen LogP contribution >= 0.6 is 11.6 Å². The monoisotopic (exact) mass is 469 g/mol. The number of aryl methyl sites for hydroxylation is 1. The Morgan fingerprint density at radius 3 is 2.59 bits per heavy atom. The summed E-state index contributed by atoms with van der Waals surface area (Å²) in [5, 5.41) is 7.85. The molecule has 8 heteroatoms. The molecule has 0 saturated heterocycles. The second-order valence-corrected chi connectivity index (χ2v) is 9.73. The molecular formula is C24H24ClN3O3S. The van der Waals surface area contributed by atoms with Crippen LogP contribution in [0.3, 0.4) is 0 Å². The number of nitrogens with one attached hydrogen (secondary N) is 2. The molecule has 6 nitrogen and oxygen atoms in total. The molecule has 166 valence electrons. The number of halogens is 1. The van der Waals surface area contributed by atoms with Gasteiger partial charge in [0.05, 0.1) is 28.2 Å². The average Bonchev–Trinajstić information content (AvgIpc) is 3.14. The predicted molar refractivity (Wildman–Crippen MR) is 130 cm³/mol. The molecule has 1 heterocycles. The van der Waals surface area contributed by atoms with E-state index in [-0.39, 0.29) is 4.90 Å². The number of hydrogen-bond acceptors (Lipinski definition) is 5. The molecule has 0 unspecified atom stereocenters. The predicted octanol–water partition coefficient (Wildman–Crippen LogP) is 5.31. The first-order chi connectivity index (χ1) is 15.3. The largest absolute Gasteiger partial charge is 0.497 e. The van der Waals surface area contributed by atoms with E-state index in [9.17, 15) is 8.42 Å². The van der Waals surface area contributed by atoms with Crippen LogP contribution in [0.4, 0.5) is 11.4 Å². The van der Waals surface area contributed by atoms with Gasteiger partial charge in [-0.3, -0.25) is 0 Å². The van der Waals surface area contributed by atoms with E-state index in [4.69, 9.17) is 16.3 Å². The minimum Gasteiger partial charge on any atom is -0.497 e. The maximum absolute atomic E-state index is 13.5. The van der Waals surface area contributed by atoms with Crippen LogP contribution in [-0.4, -0.2) is 26.5 Å². The molecule has 0 aliphatic rings. The minimum absolute atomic E-state index is 0.157. The van der Waals surface area contributed by atoms with Crippen molar-refractivity contribution in [3.05, 3.63) is 83.0 Å². The van der Waals surface area contributed by atoms with Crippen molar-refractivity contribution >= 4 is 43.9 Å². The average molecular weight is 470 g/mol. The number of hydrogen-bond donors (Lipinski definition) is 2. The zero-order valence-electron chi connectivity index (χ0n) is 18.0. The summed E-state index contributed by atoms with van der Waals surface area (Å²) in [5.41, 5.74) is 4.01. The standard InChI is InChI=1S/C24H24ClN3O3S/c1-16-7-10-23(22(25)11-16)27-18-8-9-21-17(14-26-2)15-28(24(21)12-18)32(29,30)20-6-4-5-19(13-20)31-3/h4-13,15,26-27H,14H2,1-3H3. The molecule has 2 N–H and O–H groups in total. The maximum atomic E-state index is 13.5. The van der Waals surface area contributed by atoms with Gasteiger partial charge in [-0.05, 0) is 61.5 Å². The summed E-state index contributed by atoms with van der Waals surface area (Å²) in [6.45, 7) is 2.51. The van der Waals surface area contributed by atoms with Crippen molar-refractivity contribution in [3.63, 3.8) is 0 Å². The zero-order chi connectivity index (χ0) is 22.9. The Hall–Kier alpha value is -3.00. The summed E-state index contributed by atoms with van der Waals surface area (Å²) in [7, 11) is -0.506. The highest BCUT2D eigenvalue weighted by Gasteiger charge is 2.22. The van der Waals surface area contributed by atoms with Crippen molar-refractivity contribution in [3.8, 4) is 5.75 Å². The first-order valence-electron chi connectivity index (χ1n) is 10.0. The van der Waals surface area contributed by atoms with E-state index in [1.54, 1.807) is 24.4 Å². The molecule has 0 atom stereocenters. The fourth-order valence-electron chi connectivity index (χ4n) is 3.63. The Balaban J connectivity index is 1.85. The third kappa shape index (κ3) is 4.19. The van der Waals surface area contributed by atoms with Crippen LogP contribution in [-0.2, 0) is 16.6 Å². The second kappa shape index (κ2) is 8.86. The highest BCUT2D eigenvalue weighted by Crippen LogP contribution is 2.32. The molecule has 0 radical (unpaired) electrons. The number of fused-ring (bicyclic) bond motifs is 1. The maximum Gasteiger partial charge on any atom is 0.268 e. The van der Waals surface area contributed by atoms with E-state index in [0.29, 0.717) is 22.8 Å². The van der Waals surface area contributed by atoms with Crippen molar-refractivity contribution < 1.29 is 13.2 Å². The minimum atomic E-state index is -3.84. The Morgan fingerprint density at radius 1 is 1.06 bits per heavy atom. The number of rotatable bonds is 7. The molecule has 0 spiro atoms. The van der Waals surface area contributed by atoms with E-state index in [2.05, 4.69) is 10.6 Å². The Labute approximate surface area is 192 Å². The zero-order valence-corrected chi connectivity index (χ0v) is 19.6. The van der Waals surface area contributed by atoms with Gasteiger partial charge in [0, 0.05) is 29.9 Å². The van der Waals surface area contributed by atoms with E-state index in [1.165, 1.54) is 17.1 Å². The molecule has 0 aliphatic heterocycles. The third-order valence-corrected chi connectivity index (χ3v) is 7.21. The van der Waals surface area contributed by atoms with Gasteiger partial charge in [0.2, 0.25) is 0 Å². The molecule has 4 rings (SSSR count). The first-order valence-corrected chi connectivity index (χ1v) is 11.9. The highest BCUT2D eigenvalue weighted by molar-refractivity contribution is 7.90. The molecular weight excluding hydrogens is 446 g/mol. The molecule has 0 saturated carbocycles. The van der Waals surface area contributed by atoms with Gasteiger partial charge in [-0.2, -0.15) is 0 Å². The van der Waals surface area contributed by atoms with E-state index in [0.717, 1.165) is 27.9 Å². The number of nitrogens with zero attached hydrogens (tertiary/aromatic N) is 1. The Morgan fingerprint density at radius 2 is 1.88 bits per heavy atom. The van der Waals surface area contributed by atoms with Crippen molar-refractivity contribution in [2.24, 2.45) is 0 Å².